The first-order chi connectivity index (χ1) is 16.5. The smallest absolute Gasteiger partial charge is 0.326 e. The van der Waals surface area contributed by atoms with E-state index < -0.39 is 0 Å². The molecule has 3 fully saturated rings. The maximum Gasteiger partial charge on any atom is 0.326 e. The minimum absolute atomic E-state index is 0.151. The molecule has 1 aromatic carbocycles. The van der Waals surface area contributed by atoms with Gasteiger partial charge in [0.25, 0.3) is 0 Å². The molecular formula is C24H25FN8O. The van der Waals surface area contributed by atoms with E-state index in [1.165, 1.54) is 12.1 Å². The van der Waals surface area contributed by atoms with Crippen molar-refractivity contribution in [3.8, 4) is 11.8 Å². The molecule has 1 aliphatic heterocycles. The standard InChI is InChI=1S/C24H25FN8O/c1-27-16-7-13(25)6-15-18-21(30-19(15)16)31-23(34-14-9-28-20(29-10-14)12-2-3-12)32-22(18)33-5-4-24(11-33)8-17(24)26/h6-7,9-10,12,17,27H,2-5,8,11,26H2,1H3,(H,30,31,32)/t17-,24-/m1/s1. The zero-order chi connectivity index (χ0) is 23.0. The van der Waals surface area contributed by atoms with Crippen molar-refractivity contribution in [3.63, 3.8) is 0 Å². The van der Waals surface area contributed by atoms with E-state index in [4.69, 9.17) is 15.5 Å². The number of benzene rings is 1. The van der Waals surface area contributed by atoms with Gasteiger partial charge in [-0.15, -0.1) is 0 Å². The first-order valence-corrected chi connectivity index (χ1v) is 11.7. The Labute approximate surface area is 195 Å². The van der Waals surface area contributed by atoms with Crippen LogP contribution in [-0.4, -0.2) is 51.1 Å². The van der Waals surface area contributed by atoms with Gasteiger partial charge in [0.15, 0.2) is 5.75 Å². The average Bonchev–Trinajstić information content (AvgIpc) is 3.69. The SMILES string of the molecule is CNc1cc(F)cc2c1[nH]c1nc(Oc3cnc(C4CC4)nc3)nc(N3CC[C@@]4(C[C@H]4N)C3)c12. The van der Waals surface area contributed by atoms with E-state index in [0.29, 0.717) is 23.0 Å². The Balaban J connectivity index is 1.35. The fourth-order valence-corrected chi connectivity index (χ4v) is 5.26. The highest BCUT2D eigenvalue weighted by Crippen LogP contribution is 2.53. The lowest BCUT2D eigenvalue weighted by Crippen LogP contribution is -2.24. The number of hydrogen-bond acceptors (Lipinski definition) is 8. The predicted molar refractivity (Wildman–Crippen MR) is 127 cm³/mol. The molecule has 3 aliphatic rings. The fraction of sp³-hybridized carbons (Fsp3) is 0.417. The Morgan fingerprint density at radius 1 is 1.24 bits per heavy atom. The molecular weight excluding hydrogens is 435 g/mol. The maximum absolute atomic E-state index is 14.5. The Hall–Kier alpha value is -3.53. The first-order valence-electron chi connectivity index (χ1n) is 11.7. The Morgan fingerprint density at radius 2 is 2.03 bits per heavy atom. The van der Waals surface area contributed by atoms with Crippen molar-refractivity contribution >= 4 is 33.4 Å². The van der Waals surface area contributed by atoms with Crippen LogP contribution in [0.5, 0.6) is 11.8 Å². The number of ether oxygens (including phenoxy) is 1. The normalized spacial score (nSPS) is 23.9. The summed E-state index contributed by atoms with van der Waals surface area (Å²) in [5.74, 6) is 2.21. The summed E-state index contributed by atoms with van der Waals surface area (Å²) in [5, 5.41) is 4.58. The van der Waals surface area contributed by atoms with Gasteiger partial charge < -0.3 is 25.7 Å². The number of aromatic amines is 1. The second kappa shape index (κ2) is 6.99. The molecule has 1 saturated heterocycles. The number of fused-ring (bicyclic) bond motifs is 3. The molecule has 1 spiro atoms. The van der Waals surface area contributed by atoms with Crippen molar-refractivity contribution in [2.45, 2.75) is 37.6 Å². The summed E-state index contributed by atoms with van der Waals surface area (Å²) in [7, 11) is 1.77. The Morgan fingerprint density at radius 3 is 2.71 bits per heavy atom. The van der Waals surface area contributed by atoms with Crippen LogP contribution >= 0.6 is 0 Å². The lowest BCUT2D eigenvalue weighted by atomic mass is 10.1. The minimum atomic E-state index is -0.320. The minimum Gasteiger partial charge on any atom is -0.421 e. The zero-order valence-corrected chi connectivity index (χ0v) is 18.8. The van der Waals surface area contributed by atoms with Crippen molar-refractivity contribution in [1.29, 1.82) is 0 Å². The number of hydrogen-bond donors (Lipinski definition) is 3. The van der Waals surface area contributed by atoms with Crippen LogP contribution in [0, 0.1) is 11.2 Å². The van der Waals surface area contributed by atoms with E-state index >= 15 is 0 Å². The van der Waals surface area contributed by atoms with Crippen LogP contribution in [0.2, 0.25) is 0 Å². The molecule has 0 radical (unpaired) electrons. The monoisotopic (exact) mass is 460 g/mol. The molecule has 7 rings (SSSR count). The average molecular weight is 461 g/mol. The second-order valence-electron chi connectivity index (χ2n) is 9.80. The number of anilines is 2. The van der Waals surface area contributed by atoms with Gasteiger partial charge in [0, 0.05) is 42.9 Å². The van der Waals surface area contributed by atoms with E-state index in [0.717, 1.165) is 66.7 Å². The largest absolute Gasteiger partial charge is 0.421 e. The van der Waals surface area contributed by atoms with Gasteiger partial charge in [-0.1, -0.05) is 0 Å². The van der Waals surface area contributed by atoms with E-state index in [1.807, 2.05) is 0 Å². The third-order valence-corrected chi connectivity index (χ3v) is 7.49. The topological polar surface area (TPSA) is 118 Å². The second-order valence-corrected chi connectivity index (χ2v) is 9.80. The summed E-state index contributed by atoms with van der Waals surface area (Å²) in [4.78, 5) is 23.9. The number of nitrogens with one attached hydrogen (secondary N) is 2. The molecule has 4 aromatic rings. The number of nitrogens with two attached hydrogens (primary N) is 1. The number of halogens is 1. The van der Waals surface area contributed by atoms with E-state index in [-0.39, 0.29) is 23.3 Å². The predicted octanol–water partition coefficient (Wildman–Crippen LogP) is 3.68. The van der Waals surface area contributed by atoms with Crippen molar-refractivity contribution in [2.75, 3.05) is 30.4 Å². The van der Waals surface area contributed by atoms with Crippen molar-refractivity contribution in [3.05, 3.63) is 36.2 Å². The van der Waals surface area contributed by atoms with Crippen LogP contribution in [0.25, 0.3) is 21.9 Å². The summed E-state index contributed by atoms with van der Waals surface area (Å²) in [6.45, 7) is 1.65. The van der Waals surface area contributed by atoms with E-state index in [1.54, 1.807) is 19.4 Å². The van der Waals surface area contributed by atoms with Gasteiger partial charge in [0.2, 0.25) is 0 Å². The van der Waals surface area contributed by atoms with Crippen LogP contribution in [-0.2, 0) is 0 Å². The van der Waals surface area contributed by atoms with Gasteiger partial charge in [0.1, 0.15) is 23.1 Å². The lowest BCUT2D eigenvalue weighted by molar-refractivity contribution is 0.439. The highest BCUT2D eigenvalue weighted by atomic mass is 19.1. The molecule has 4 N–H and O–H groups in total. The molecule has 0 bridgehead atoms. The van der Waals surface area contributed by atoms with Crippen LogP contribution in [0.1, 0.15) is 37.4 Å². The fourth-order valence-electron chi connectivity index (χ4n) is 5.26. The number of rotatable bonds is 5. The van der Waals surface area contributed by atoms with Crippen LogP contribution in [0.15, 0.2) is 24.5 Å². The number of nitrogens with zero attached hydrogens (tertiary/aromatic N) is 5. The van der Waals surface area contributed by atoms with Crippen LogP contribution < -0.4 is 20.7 Å². The number of H-pyrrole nitrogens is 1. The molecule has 34 heavy (non-hydrogen) atoms. The summed E-state index contributed by atoms with van der Waals surface area (Å²) in [6.07, 6.45) is 7.66. The molecule has 4 heterocycles. The highest BCUT2D eigenvalue weighted by molar-refractivity contribution is 6.14. The maximum atomic E-state index is 14.5. The molecule has 9 nitrogen and oxygen atoms in total. The summed E-state index contributed by atoms with van der Waals surface area (Å²) < 4.78 is 20.5. The van der Waals surface area contributed by atoms with E-state index in [2.05, 4.69) is 30.2 Å². The molecule has 174 valence electrons. The van der Waals surface area contributed by atoms with Crippen molar-refractivity contribution in [1.82, 2.24) is 24.9 Å². The van der Waals surface area contributed by atoms with Crippen molar-refractivity contribution in [2.24, 2.45) is 11.1 Å². The molecule has 0 unspecified atom stereocenters. The summed E-state index contributed by atoms with van der Waals surface area (Å²) in [6, 6.07) is 3.42. The molecule has 0 amide bonds. The quantitative estimate of drug-likeness (QED) is 0.413. The third-order valence-electron chi connectivity index (χ3n) is 7.49. The highest BCUT2D eigenvalue weighted by Gasteiger charge is 2.56. The van der Waals surface area contributed by atoms with Gasteiger partial charge in [-0.05, 0) is 37.8 Å². The van der Waals surface area contributed by atoms with Gasteiger partial charge in [-0.2, -0.15) is 9.97 Å². The Kier molecular flexibility index (Phi) is 4.09. The van der Waals surface area contributed by atoms with Gasteiger partial charge in [0.05, 0.1) is 29.0 Å². The van der Waals surface area contributed by atoms with E-state index in [9.17, 15) is 4.39 Å². The van der Waals surface area contributed by atoms with Gasteiger partial charge in [-0.3, -0.25) is 0 Å². The summed E-state index contributed by atoms with van der Waals surface area (Å²) in [5.41, 5.74) is 8.43. The Bertz CT molecular complexity index is 1430. The molecule has 2 saturated carbocycles. The van der Waals surface area contributed by atoms with Crippen LogP contribution in [0.3, 0.4) is 0 Å². The van der Waals surface area contributed by atoms with Gasteiger partial charge in [-0.25, -0.2) is 14.4 Å². The summed E-state index contributed by atoms with van der Waals surface area (Å²) >= 11 is 0. The molecule has 10 heteroatoms. The molecule has 2 aliphatic carbocycles. The van der Waals surface area contributed by atoms with Crippen molar-refractivity contribution < 1.29 is 9.13 Å². The lowest BCUT2D eigenvalue weighted by Gasteiger charge is -2.19. The van der Waals surface area contributed by atoms with Crippen LogP contribution in [0.4, 0.5) is 15.9 Å². The number of aromatic nitrogens is 5. The molecule has 2 atom stereocenters. The third kappa shape index (κ3) is 3.08. The first kappa shape index (κ1) is 19.9. The van der Waals surface area contributed by atoms with Gasteiger partial charge >= 0.3 is 6.01 Å². The zero-order valence-electron chi connectivity index (χ0n) is 18.8. The molecule has 3 aromatic heterocycles.